The fourth-order valence-electron chi connectivity index (χ4n) is 1.79. The number of anilines is 1. The van der Waals surface area contributed by atoms with Crippen molar-refractivity contribution in [2.75, 3.05) is 5.32 Å². The summed E-state index contributed by atoms with van der Waals surface area (Å²) in [7, 11) is 0. The number of carboxylic acids is 1. The molecule has 0 aliphatic rings. The Morgan fingerprint density at radius 1 is 1.25 bits per heavy atom. The van der Waals surface area contributed by atoms with E-state index in [4.69, 9.17) is 5.26 Å². The Balaban J connectivity index is 2.30. The highest BCUT2D eigenvalue weighted by Crippen LogP contribution is 2.23. The maximum atomic E-state index is 13.8. The van der Waals surface area contributed by atoms with Gasteiger partial charge in [-0.3, -0.25) is 0 Å². The molecule has 0 aliphatic heterocycles. The van der Waals surface area contributed by atoms with E-state index in [0.717, 1.165) is 6.07 Å². The SMILES string of the molecule is N#Cc1ccc(NC(C(=O)O)c2ccccc2)c(F)c1. The highest BCUT2D eigenvalue weighted by atomic mass is 19.1. The minimum atomic E-state index is -1.11. The first-order valence-electron chi connectivity index (χ1n) is 5.86. The van der Waals surface area contributed by atoms with E-state index < -0.39 is 17.8 Å². The number of benzene rings is 2. The zero-order valence-corrected chi connectivity index (χ0v) is 10.4. The van der Waals surface area contributed by atoms with E-state index in [2.05, 4.69) is 5.32 Å². The topological polar surface area (TPSA) is 73.1 Å². The van der Waals surface area contributed by atoms with Crippen molar-refractivity contribution in [3.63, 3.8) is 0 Å². The van der Waals surface area contributed by atoms with Gasteiger partial charge < -0.3 is 10.4 Å². The summed E-state index contributed by atoms with van der Waals surface area (Å²) in [6, 6.07) is 13.1. The number of aliphatic carboxylic acids is 1. The third-order valence-corrected chi connectivity index (χ3v) is 2.78. The molecule has 0 fully saturated rings. The van der Waals surface area contributed by atoms with Crippen molar-refractivity contribution in [1.82, 2.24) is 0 Å². The van der Waals surface area contributed by atoms with Crippen LogP contribution >= 0.6 is 0 Å². The van der Waals surface area contributed by atoms with Gasteiger partial charge >= 0.3 is 5.97 Å². The number of hydrogen-bond donors (Lipinski definition) is 2. The van der Waals surface area contributed by atoms with E-state index in [1.54, 1.807) is 30.3 Å². The molecule has 0 saturated heterocycles. The van der Waals surface area contributed by atoms with Crippen LogP contribution in [0.5, 0.6) is 0 Å². The zero-order chi connectivity index (χ0) is 14.5. The Morgan fingerprint density at radius 3 is 2.50 bits per heavy atom. The van der Waals surface area contributed by atoms with Crippen LogP contribution in [0.25, 0.3) is 0 Å². The van der Waals surface area contributed by atoms with Crippen molar-refractivity contribution in [2.45, 2.75) is 6.04 Å². The van der Waals surface area contributed by atoms with Gasteiger partial charge in [-0.15, -0.1) is 0 Å². The molecule has 0 aromatic heterocycles. The van der Waals surface area contributed by atoms with Crippen LogP contribution in [-0.2, 0) is 4.79 Å². The molecule has 0 radical (unpaired) electrons. The fourth-order valence-corrected chi connectivity index (χ4v) is 1.79. The van der Waals surface area contributed by atoms with Crippen LogP contribution in [0.1, 0.15) is 17.2 Å². The van der Waals surface area contributed by atoms with E-state index in [-0.39, 0.29) is 11.3 Å². The molecule has 2 aromatic carbocycles. The molecule has 4 nitrogen and oxygen atoms in total. The Hall–Kier alpha value is -2.87. The van der Waals surface area contributed by atoms with E-state index in [0.29, 0.717) is 5.56 Å². The van der Waals surface area contributed by atoms with Gasteiger partial charge in [-0.05, 0) is 23.8 Å². The molecule has 0 bridgehead atoms. The number of hydrogen-bond acceptors (Lipinski definition) is 3. The molecule has 0 aliphatic carbocycles. The number of nitrogens with one attached hydrogen (secondary N) is 1. The third kappa shape index (κ3) is 2.93. The maximum absolute atomic E-state index is 13.8. The summed E-state index contributed by atoms with van der Waals surface area (Å²) in [5, 5.41) is 20.5. The second-order valence-electron chi connectivity index (χ2n) is 4.13. The van der Waals surface area contributed by atoms with Crippen molar-refractivity contribution >= 4 is 11.7 Å². The number of rotatable bonds is 4. The summed E-state index contributed by atoms with van der Waals surface area (Å²) < 4.78 is 13.8. The van der Waals surface area contributed by atoms with Crippen molar-refractivity contribution in [3.05, 3.63) is 65.5 Å². The standard InChI is InChI=1S/C15H11FN2O2/c16-12-8-10(9-17)6-7-13(12)18-14(15(19)20)11-4-2-1-3-5-11/h1-8,14,18H,(H,19,20). The number of halogens is 1. The molecule has 0 amide bonds. The summed E-state index contributed by atoms with van der Waals surface area (Å²) >= 11 is 0. The number of carbonyl (C=O) groups is 1. The molecule has 0 spiro atoms. The fraction of sp³-hybridized carbons (Fsp3) is 0.0667. The van der Waals surface area contributed by atoms with Gasteiger partial charge in [0.05, 0.1) is 17.3 Å². The van der Waals surface area contributed by atoms with Gasteiger partial charge in [-0.25, -0.2) is 9.18 Å². The average Bonchev–Trinajstić information content (AvgIpc) is 2.46. The molecule has 2 N–H and O–H groups in total. The zero-order valence-electron chi connectivity index (χ0n) is 10.4. The van der Waals surface area contributed by atoms with Gasteiger partial charge in [-0.2, -0.15) is 5.26 Å². The molecular formula is C15H11FN2O2. The van der Waals surface area contributed by atoms with Crippen molar-refractivity contribution in [3.8, 4) is 6.07 Å². The Labute approximate surface area is 115 Å². The maximum Gasteiger partial charge on any atom is 0.330 e. The van der Waals surface area contributed by atoms with E-state index in [1.807, 2.05) is 6.07 Å². The van der Waals surface area contributed by atoms with Gasteiger partial charge in [0, 0.05) is 0 Å². The summed E-state index contributed by atoms with van der Waals surface area (Å²) in [4.78, 5) is 11.3. The van der Waals surface area contributed by atoms with E-state index in [1.165, 1.54) is 12.1 Å². The summed E-state index contributed by atoms with van der Waals surface area (Å²) in [5.41, 5.74) is 0.739. The highest BCUT2D eigenvalue weighted by Gasteiger charge is 2.20. The molecule has 5 heteroatoms. The first kappa shape index (κ1) is 13.6. The predicted octanol–water partition coefficient (Wildman–Crippen LogP) is 2.94. The summed E-state index contributed by atoms with van der Waals surface area (Å²) in [5.74, 6) is -1.77. The predicted molar refractivity (Wildman–Crippen MR) is 71.6 cm³/mol. The molecule has 20 heavy (non-hydrogen) atoms. The lowest BCUT2D eigenvalue weighted by Gasteiger charge is -2.16. The van der Waals surface area contributed by atoms with Crippen LogP contribution in [0.15, 0.2) is 48.5 Å². The Morgan fingerprint density at radius 2 is 1.95 bits per heavy atom. The lowest BCUT2D eigenvalue weighted by Crippen LogP contribution is -2.21. The Bertz CT molecular complexity index is 665. The smallest absolute Gasteiger partial charge is 0.330 e. The van der Waals surface area contributed by atoms with Crippen LogP contribution < -0.4 is 5.32 Å². The van der Waals surface area contributed by atoms with Crippen molar-refractivity contribution in [2.24, 2.45) is 0 Å². The second kappa shape index (κ2) is 5.85. The average molecular weight is 270 g/mol. The molecule has 0 heterocycles. The molecule has 2 rings (SSSR count). The minimum absolute atomic E-state index is 0.0419. The minimum Gasteiger partial charge on any atom is -0.479 e. The normalized spacial score (nSPS) is 11.4. The van der Waals surface area contributed by atoms with Crippen LogP contribution in [0.4, 0.5) is 10.1 Å². The largest absolute Gasteiger partial charge is 0.479 e. The first-order chi connectivity index (χ1) is 9.61. The lowest BCUT2D eigenvalue weighted by atomic mass is 10.1. The van der Waals surface area contributed by atoms with Gasteiger partial charge in [0.1, 0.15) is 5.82 Å². The van der Waals surface area contributed by atoms with E-state index >= 15 is 0 Å². The van der Waals surface area contributed by atoms with E-state index in [9.17, 15) is 14.3 Å². The Kier molecular flexibility index (Phi) is 3.96. The lowest BCUT2D eigenvalue weighted by molar-refractivity contribution is -0.138. The van der Waals surface area contributed by atoms with Gasteiger partial charge in [0.15, 0.2) is 6.04 Å². The van der Waals surface area contributed by atoms with Crippen molar-refractivity contribution in [1.29, 1.82) is 5.26 Å². The highest BCUT2D eigenvalue weighted by molar-refractivity contribution is 5.79. The van der Waals surface area contributed by atoms with Crippen LogP contribution in [0, 0.1) is 17.1 Å². The molecule has 2 aromatic rings. The quantitative estimate of drug-likeness (QED) is 0.895. The molecule has 100 valence electrons. The first-order valence-corrected chi connectivity index (χ1v) is 5.86. The molecule has 1 unspecified atom stereocenters. The monoisotopic (exact) mass is 270 g/mol. The van der Waals surface area contributed by atoms with Crippen LogP contribution in [-0.4, -0.2) is 11.1 Å². The summed E-state index contributed by atoms with van der Waals surface area (Å²) in [6.45, 7) is 0. The van der Waals surface area contributed by atoms with Gasteiger partial charge in [0.25, 0.3) is 0 Å². The number of nitriles is 1. The summed E-state index contributed by atoms with van der Waals surface area (Å²) in [6.07, 6.45) is 0. The second-order valence-corrected chi connectivity index (χ2v) is 4.13. The van der Waals surface area contributed by atoms with Gasteiger partial charge in [-0.1, -0.05) is 30.3 Å². The van der Waals surface area contributed by atoms with Crippen LogP contribution in [0.2, 0.25) is 0 Å². The van der Waals surface area contributed by atoms with Gasteiger partial charge in [0.2, 0.25) is 0 Å². The molecular weight excluding hydrogens is 259 g/mol. The van der Waals surface area contributed by atoms with Crippen LogP contribution in [0.3, 0.4) is 0 Å². The molecule has 1 atom stereocenters. The third-order valence-electron chi connectivity index (χ3n) is 2.78. The number of carboxylic acid groups (broad SMARTS) is 1. The van der Waals surface area contributed by atoms with Crippen molar-refractivity contribution < 1.29 is 14.3 Å². The number of nitrogens with zero attached hydrogens (tertiary/aromatic N) is 1. The molecule has 0 saturated carbocycles.